The summed E-state index contributed by atoms with van der Waals surface area (Å²) in [5.41, 5.74) is 0.776. The van der Waals surface area contributed by atoms with Crippen LogP contribution < -0.4 is 15.4 Å². The molecular weight excluding hydrogens is 358 g/mol. The minimum absolute atomic E-state index is 0.0299. The average Bonchev–Trinajstić information content (AvgIpc) is 2.52. The summed E-state index contributed by atoms with van der Waals surface area (Å²) in [6.45, 7) is 1.63. The lowest BCUT2D eigenvalue weighted by Gasteiger charge is -2.23. The number of halogens is 3. The molecule has 24 heavy (non-hydrogen) atoms. The smallest absolute Gasteiger partial charge is 0.265 e. The first-order valence-electron chi connectivity index (χ1n) is 6.92. The SMILES string of the molecule is C[C@@H]1Oc2ccc(NC(=O)c3cc(F)c(Cl)cc3Cl)cc2NC1=O. The molecule has 124 valence electrons. The first kappa shape index (κ1) is 16.5. The summed E-state index contributed by atoms with van der Waals surface area (Å²) in [4.78, 5) is 23.9. The van der Waals surface area contributed by atoms with Gasteiger partial charge in [-0.2, -0.15) is 0 Å². The lowest BCUT2D eigenvalue weighted by Crippen LogP contribution is -2.34. The third-order valence-electron chi connectivity index (χ3n) is 3.42. The van der Waals surface area contributed by atoms with Crippen molar-refractivity contribution in [1.29, 1.82) is 0 Å². The highest BCUT2D eigenvalue weighted by Gasteiger charge is 2.24. The molecule has 5 nitrogen and oxygen atoms in total. The molecule has 0 fully saturated rings. The Morgan fingerprint density at radius 2 is 2.00 bits per heavy atom. The van der Waals surface area contributed by atoms with E-state index < -0.39 is 17.8 Å². The third kappa shape index (κ3) is 3.16. The van der Waals surface area contributed by atoms with E-state index in [1.54, 1.807) is 19.1 Å². The van der Waals surface area contributed by atoms with Gasteiger partial charge in [0.1, 0.15) is 11.6 Å². The van der Waals surface area contributed by atoms with Crippen LogP contribution in [0, 0.1) is 5.82 Å². The Labute approximate surface area is 146 Å². The van der Waals surface area contributed by atoms with Crippen LogP contribution in [0.5, 0.6) is 5.75 Å². The van der Waals surface area contributed by atoms with E-state index in [-0.39, 0.29) is 21.5 Å². The standard InChI is InChI=1S/C16H11Cl2FN2O3/c1-7-15(22)21-13-4-8(2-3-14(13)24-7)20-16(23)9-5-12(19)11(18)6-10(9)17/h2-7H,1H3,(H,20,23)(H,21,22)/t7-/m0/s1. The molecule has 2 amide bonds. The maximum Gasteiger partial charge on any atom is 0.265 e. The van der Waals surface area contributed by atoms with Gasteiger partial charge in [-0.1, -0.05) is 23.2 Å². The zero-order valence-electron chi connectivity index (χ0n) is 12.3. The predicted octanol–water partition coefficient (Wildman–Crippen LogP) is 4.10. The van der Waals surface area contributed by atoms with Crippen LogP contribution >= 0.6 is 23.2 Å². The lowest BCUT2D eigenvalue weighted by atomic mass is 10.1. The van der Waals surface area contributed by atoms with Crippen LogP contribution in [0.4, 0.5) is 15.8 Å². The molecule has 1 aliphatic heterocycles. The van der Waals surface area contributed by atoms with Gasteiger partial charge in [0.15, 0.2) is 6.10 Å². The summed E-state index contributed by atoms with van der Waals surface area (Å²) in [5.74, 6) is -1.14. The fourth-order valence-electron chi connectivity index (χ4n) is 2.18. The molecule has 0 spiro atoms. The van der Waals surface area contributed by atoms with E-state index in [1.165, 1.54) is 6.07 Å². The molecule has 8 heteroatoms. The second kappa shape index (κ2) is 6.30. The molecule has 0 aromatic heterocycles. The molecule has 0 saturated heterocycles. The van der Waals surface area contributed by atoms with Crippen molar-refractivity contribution < 1.29 is 18.7 Å². The average molecular weight is 369 g/mol. The molecule has 1 heterocycles. The van der Waals surface area contributed by atoms with Crippen LogP contribution in [0.25, 0.3) is 0 Å². The highest BCUT2D eigenvalue weighted by Crippen LogP contribution is 2.32. The Kier molecular flexibility index (Phi) is 4.34. The second-order valence-corrected chi connectivity index (χ2v) is 5.97. The van der Waals surface area contributed by atoms with Gasteiger partial charge in [0.25, 0.3) is 11.8 Å². The highest BCUT2D eigenvalue weighted by atomic mass is 35.5. The maximum atomic E-state index is 13.5. The molecule has 0 unspecified atom stereocenters. The van der Waals surface area contributed by atoms with E-state index in [4.69, 9.17) is 27.9 Å². The third-order valence-corrected chi connectivity index (χ3v) is 4.03. The largest absolute Gasteiger partial charge is 0.479 e. The Morgan fingerprint density at radius 1 is 1.25 bits per heavy atom. The van der Waals surface area contributed by atoms with E-state index in [0.29, 0.717) is 17.1 Å². The minimum atomic E-state index is -0.744. The molecule has 2 aromatic rings. The zero-order valence-corrected chi connectivity index (χ0v) is 13.8. The number of carbonyl (C=O) groups is 2. The zero-order chi connectivity index (χ0) is 17.4. The highest BCUT2D eigenvalue weighted by molar-refractivity contribution is 6.37. The first-order chi connectivity index (χ1) is 11.3. The summed E-state index contributed by atoms with van der Waals surface area (Å²) in [6, 6.07) is 6.88. The van der Waals surface area contributed by atoms with Crippen molar-refractivity contribution in [2.75, 3.05) is 10.6 Å². The van der Waals surface area contributed by atoms with Crippen molar-refractivity contribution in [2.24, 2.45) is 0 Å². The van der Waals surface area contributed by atoms with E-state index >= 15 is 0 Å². The number of amides is 2. The molecular formula is C16H11Cl2FN2O3. The van der Waals surface area contributed by atoms with Crippen LogP contribution in [0.15, 0.2) is 30.3 Å². The van der Waals surface area contributed by atoms with E-state index in [9.17, 15) is 14.0 Å². The van der Waals surface area contributed by atoms with E-state index in [2.05, 4.69) is 10.6 Å². The topological polar surface area (TPSA) is 67.4 Å². The number of rotatable bonds is 2. The Balaban J connectivity index is 1.84. The van der Waals surface area contributed by atoms with Gasteiger partial charge in [-0.3, -0.25) is 9.59 Å². The lowest BCUT2D eigenvalue weighted by molar-refractivity contribution is -0.122. The molecule has 2 aromatic carbocycles. The van der Waals surface area contributed by atoms with Crippen LogP contribution in [-0.2, 0) is 4.79 Å². The van der Waals surface area contributed by atoms with Gasteiger partial charge >= 0.3 is 0 Å². The minimum Gasteiger partial charge on any atom is -0.479 e. The molecule has 0 aliphatic carbocycles. The van der Waals surface area contributed by atoms with Crippen molar-refractivity contribution in [3.63, 3.8) is 0 Å². The van der Waals surface area contributed by atoms with Gasteiger partial charge in [0, 0.05) is 5.69 Å². The first-order valence-corrected chi connectivity index (χ1v) is 7.68. The van der Waals surface area contributed by atoms with Crippen molar-refractivity contribution >= 4 is 46.4 Å². The van der Waals surface area contributed by atoms with Crippen molar-refractivity contribution in [1.82, 2.24) is 0 Å². The quantitative estimate of drug-likeness (QED) is 0.784. The number of benzene rings is 2. The molecule has 3 rings (SSSR count). The number of nitrogens with one attached hydrogen (secondary N) is 2. The number of anilines is 2. The maximum absolute atomic E-state index is 13.5. The summed E-state index contributed by atoms with van der Waals surface area (Å²) in [5, 5.41) is 5.12. The van der Waals surface area contributed by atoms with Gasteiger partial charge in [0.05, 0.1) is 21.3 Å². The summed E-state index contributed by atoms with van der Waals surface area (Å²) in [7, 11) is 0. The normalized spacial score (nSPS) is 16.0. The number of hydrogen-bond acceptors (Lipinski definition) is 3. The van der Waals surface area contributed by atoms with Gasteiger partial charge in [0.2, 0.25) is 0 Å². The summed E-state index contributed by atoms with van der Waals surface area (Å²) in [6.07, 6.45) is -0.589. The number of hydrogen-bond donors (Lipinski definition) is 2. The van der Waals surface area contributed by atoms with Gasteiger partial charge < -0.3 is 15.4 Å². The van der Waals surface area contributed by atoms with Crippen molar-refractivity contribution in [2.45, 2.75) is 13.0 Å². The summed E-state index contributed by atoms with van der Waals surface area (Å²) >= 11 is 11.5. The number of fused-ring (bicyclic) bond motifs is 1. The monoisotopic (exact) mass is 368 g/mol. The fraction of sp³-hybridized carbons (Fsp3) is 0.125. The van der Waals surface area contributed by atoms with Gasteiger partial charge in [-0.15, -0.1) is 0 Å². The molecule has 1 aliphatic rings. The molecule has 0 saturated carbocycles. The van der Waals surface area contributed by atoms with Crippen molar-refractivity contribution in [3.05, 3.63) is 51.8 Å². The fourth-order valence-corrected chi connectivity index (χ4v) is 2.65. The Hall–Kier alpha value is -2.31. The molecule has 1 atom stereocenters. The van der Waals surface area contributed by atoms with Crippen LogP contribution in [0.1, 0.15) is 17.3 Å². The van der Waals surface area contributed by atoms with Crippen LogP contribution in [0.3, 0.4) is 0 Å². The molecule has 0 bridgehead atoms. The van der Waals surface area contributed by atoms with Gasteiger partial charge in [-0.05, 0) is 37.3 Å². The Morgan fingerprint density at radius 3 is 2.75 bits per heavy atom. The van der Waals surface area contributed by atoms with Crippen molar-refractivity contribution in [3.8, 4) is 5.75 Å². The molecule has 2 N–H and O–H groups in total. The molecule has 0 radical (unpaired) electrons. The van der Waals surface area contributed by atoms with Crippen LogP contribution in [-0.4, -0.2) is 17.9 Å². The number of ether oxygens (including phenoxy) is 1. The van der Waals surface area contributed by atoms with E-state index in [0.717, 1.165) is 12.1 Å². The summed E-state index contributed by atoms with van der Waals surface area (Å²) < 4.78 is 19.0. The Bertz CT molecular complexity index is 857. The number of carbonyl (C=O) groups excluding carboxylic acids is 2. The second-order valence-electron chi connectivity index (χ2n) is 5.16. The van der Waals surface area contributed by atoms with E-state index in [1.807, 2.05) is 0 Å². The predicted molar refractivity (Wildman–Crippen MR) is 89.5 cm³/mol. The van der Waals surface area contributed by atoms with Crippen LogP contribution in [0.2, 0.25) is 10.0 Å². The van der Waals surface area contributed by atoms with Gasteiger partial charge in [-0.25, -0.2) is 4.39 Å².